The number of nitrogens with one attached hydrogen (secondary N) is 1. The molecule has 0 saturated carbocycles. The zero-order valence-electron chi connectivity index (χ0n) is 9.07. The highest BCUT2D eigenvalue weighted by Crippen LogP contribution is 2.23. The SMILES string of the molecule is CNC1=C(C)CC=NN1c1ccccc1. The Balaban J connectivity index is 2.36. The Bertz CT molecular complexity index is 393. The van der Waals surface area contributed by atoms with Crippen LogP contribution in [0.2, 0.25) is 0 Å². The maximum Gasteiger partial charge on any atom is 0.127 e. The average Bonchev–Trinajstić information content (AvgIpc) is 2.30. The number of nitrogens with zero attached hydrogens (tertiary/aromatic N) is 2. The number of hydrazone groups is 1. The van der Waals surface area contributed by atoms with E-state index in [1.807, 2.05) is 48.6 Å². The number of hydrogen-bond donors (Lipinski definition) is 1. The van der Waals surface area contributed by atoms with E-state index in [4.69, 9.17) is 0 Å². The van der Waals surface area contributed by atoms with Gasteiger partial charge < -0.3 is 5.32 Å². The number of allylic oxidation sites excluding steroid dienone is 1. The van der Waals surface area contributed by atoms with Gasteiger partial charge in [-0.25, -0.2) is 5.01 Å². The first-order valence-electron chi connectivity index (χ1n) is 5.08. The molecule has 0 amide bonds. The monoisotopic (exact) mass is 201 g/mol. The minimum Gasteiger partial charge on any atom is -0.373 e. The van der Waals surface area contributed by atoms with Crippen molar-refractivity contribution in [3.05, 3.63) is 41.7 Å². The van der Waals surface area contributed by atoms with Crippen LogP contribution in [0.25, 0.3) is 0 Å². The van der Waals surface area contributed by atoms with Gasteiger partial charge in [0.15, 0.2) is 0 Å². The first kappa shape index (κ1) is 9.77. The second-order valence-electron chi connectivity index (χ2n) is 3.53. The Morgan fingerprint density at radius 1 is 1.27 bits per heavy atom. The van der Waals surface area contributed by atoms with Crippen LogP contribution in [0.4, 0.5) is 5.69 Å². The van der Waals surface area contributed by atoms with Gasteiger partial charge >= 0.3 is 0 Å². The van der Waals surface area contributed by atoms with E-state index in [1.54, 1.807) is 0 Å². The van der Waals surface area contributed by atoms with E-state index in [9.17, 15) is 0 Å². The van der Waals surface area contributed by atoms with Crippen LogP contribution in [0.5, 0.6) is 0 Å². The Labute approximate surface area is 90.1 Å². The topological polar surface area (TPSA) is 27.6 Å². The average molecular weight is 201 g/mol. The van der Waals surface area contributed by atoms with E-state index in [-0.39, 0.29) is 0 Å². The summed E-state index contributed by atoms with van der Waals surface area (Å²) in [6.45, 7) is 2.12. The van der Waals surface area contributed by atoms with Gasteiger partial charge in [0.1, 0.15) is 5.82 Å². The van der Waals surface area contributed by atoms with Crippen LogP contribution in [-0.2, 0) is 0 Å². The van der Waals surface area contributed by atoms with Crippen molar-refractivity contribution in [1.82, 2.24) is 5.32 Å². The van der Waals surface area contributed by atoms with Crippen molar-refractivity contribution in [2.24, 2.45) is 5.10 Å². The molecule has 1 aliphatic rings. The summed E-state index contributed by atoms with van der Waals surface area (Å²) in [7, 11) is 1.93. The first-order valence-corrected chi connectivity index (χ1v) is 5.08. The summed E-state index contributed by atoms with van der Waals surface area (Å²) in [4.78, 5) is 0. The summed E-state index contributed by atoms with van der Waals surface area (Å²) < 4.78 is 0. The van der Waals surface area contributed by atoms with Crippen LogP contribution in [0.15, 0.2) is 46.8 Å². The maximum absolute atomic E-state index is 4.39. The fraction of sp³-hybridized carbons (Fsp3) is 0.250. The lowest BCUT2D eigenvalue weighted by Crippen LogP contribution is -2.29. The van der Waals surface area contributed by atoms with Gasteiger partial charge in [-0.3, -0.25) is 0 Å². The molecule has 1 N–H and O–H groups in total. The van der Waals surface area contributed by atoms with E-state index in [2.05, 4.69) is 17.3 Å². The first-order chi connectivity index (χ1) is 7.33. The summed E-state index contributed by atoms with van der Waals surface area (Å²) in [5, 5.41) is 9.51. The Kier molecular flexibility index (Phi) is 2.72. The Morgan fingerprint density at radius 3 is 2.67 bits per heavy atom. The van der Waals surface area contributed by atoms with E-state index in [1.165, 1.54) is 5.57 Å². The highest BCUT2D eigenvalue weighted by Gasteiger charge is 2.14. The molecule has 1 aromatic rings. The summed E-state index contributed by atoms with van der Waals surface area (Å²) >= 11 is 0. The molecule has 0 fully saturated rings. The Morgan fingerprint density at radius 2 is 2.00 bits per heavy atom. The van der Waals surface area contributed by atoms with Crippen LogP contribution in [0.1, 0.15) is 13.3 Å². The van der Waals surface area contributed by atoms with Gasteiger partial charge in [-0.2, -0.15) is 5.10 Å². The predicted octanol–water partition coefficient (Wildman–Crippen LogP) is 2.33. The smallest absolute Gasteiger partial charge is 0.127 e. The zero-order chi connectivity index (χ0) is 10.7. The normalized spacial score (nSPS) is 15.7. The standard InChI is InChI=1S/C12H15N3/c1-10-8-9-14-15(12(10)13-2)11-6-4-3-5-7-11/h3-7,9,13H,8H2,1-2H3. The lowest BCUT2D eigenvalue weighted by atomic mass is 10.2. The van der Waals surface area contributed by atoms with Crippen molar-refractivity contribution < 1.29 is 0 Å². The van der Waals surface area contributed by atoms with Crippen LogP contribution in [0, 0.1) is 0 Å². The van der Waals surface area contributed by atoms with Crippen LogP contribution >= 0.6 is 0 Å². The summed E-state index contributed by atoms with van der Waals surface area (Å²) in [5.41, 5.74) is 2.38. The zero-order valence-corrected chi connectivity index (χ0v) is 9.07. The van der Waals surface area contributed by atoms with Crippen LogP contribution in [-0.4, -0.2) is 13.3 Å². The number of para-hydroxylation sites is 1. The van der Waals surface area contributed by atoms with Gasteiger partial charge in [0, 0.05) is 19.7 Å². The van der Waals surface area contributed by atoms with Crippen molar-refractivity contribution in [2.75, 3.05) is 12.1 Å². The second kappa shape index (κ2) is 4.17. The minimum atomic E-state index is 0.916. The van der Waals surface area contributed by atoms with Crippen molar-refractivity contribution in [3.63, 3.8) is 0 Å². The Hall–Kier alpha value is -1.77. The predicted molar refractivity (Wildman–Crippen MR) is 63.8 cm³/mol. The summed E-state index contributed by atoms with van der Waals surface area (Å²) in [5.74, 6) is 1.07. The molecular formula is C12H15N3. The maximum atomic E-state index is 4.39. The van der Waals surface area contributed by atoms with Gasteiger partial charge in [0.05, 0.1) is 5.69 Å². The molecule has 3 heteroatoms. The largest absolute Gasteiger partial charge is 0.373 e. The molecule has 1 aliphatic heterocycles. The van der Waals surface area contributed by atoms with Crippen LogP contribution in [0.3, 0.4) is 0 Å². The fourth-order valence-corrected chi connectivity index (χ4v) is 1.68. The highest BCUT2D eigenvalue weighted by molar-refractivity contribution is 5.68. The molecule has 0 saturated heterocycles. The molecule has 2 rings (SSSR count). The molecule has 0 spiro atoms. The van der Waals surface area contributed by atoms with Crippen molar-refractivity contribution in [3.8, 4) is 0 Å². The van der Waals surface area contributed by atoms with Crippen LogP contribution < -0.4 is 10.3 Å². The van der Waals surface area contributed by atoms with Gasteiger partial charge in [-0.15, -0.1) is 0 Å². The molecular weight excluding hydrogens is 186 g/mol. The number of anilines is 1. The molecule has 1 aromatic carbocycles. The third kappa shape index (κ3) is 1.86. The molecule has 15 heavy (non-hydrogen) atoms. The third-order valence-electron chi connectivity index (χ3n) is 2.45. The molecule has 1 heterocycles. The highest BCUT2D eigenvalue weighted by atomic mass is 15.5. The number of hydrogen-bond acceptors (Lipinski definition) is 3. The molecule has 0 atom stereocenters. The lowest BCUT2D eigenvalue weighted by molar-refractivity contribution is 0.818. The number of rotatable bonds is 2. The lowest BCUT2D eigenvalue weighted by Gasteiger charge is -2.26. The van der Waals surface area contributed by atoms with E-state index in [0.29, 0.717) is 0 Å². The molecule has 78 valence electrons. The molecule has 0 aliphatic carbocycles. The van der Waals surface area contributed by atoms with E-state index >= 15 is 0 Å². The molecule has 3 nitrogen and oxygen atoms in total. The van der Waals surface area contributed by atoms with Gasteiger partial charge in [0.25, 0.3) is 0 Å². The fourth-order valence-electron chi connectivity index (χ4n) is 1.68. The quantitative estimate of drug-likeness (QED) is 0.795. The van der Waals surface area contributed by atoms with E-state index < -0.39 is 0 Å². The number of benzene rings is 1. The summed E-state index contributed by atoms with van der Waals surface area (Å²) in [6, 6.07) is 10.1. The molecule has 0 aromatic heterocycles. The summed E-state index contributed by atoms with van der Waals surface area (Å²) in [6.07, 6.45) is 2.85. The van der Waals surface area contributed by atoms with E-state index in [0.717, 1.165) is 17.9 Å². The van der Waals surface area contributed by atoms with Gasteiger partial charge in [0.2, 0.25) is 0 Å². The van der Waals surface area contributed by atoms with Gasteiger partial charge in [-0.1, -0.05) is 18.2 Å². The molecule has 0 bridgehead atoms. The van der Waals surface area contributed by atoms with Crippen molar-refractivity contribution in [1.29, 1.82) is 0 Å². The molecule has 0 unspecified atom stereocenters. The third-order valence-corrected chi connectivity index (χ3v) is 2.45. The van der Waals surface area contributed by atoms with Crippen molar-refractivity contribution in [2.45, 2.75) is 13.3 Å². The second-order valence-corrected chi connectivity index (χ2v) is 3.53. The van der Waals surface area contributed by atoms with Gasteiger partial charge in [-0.05, 0) is 24.6 Å². The van der Waals surface area contributed by atoms with Crippen molar-refractivity contribution >= 4 is 11.9 Å². The minimum absolute atomic E-state index is 0.916. The molecule has 0 radical (unpaired) electrons.